The zero-order chi connectivity index (χ0) is 15.3. The summed E-state index contributed by atoms with van der Waals surface area (Å²) in [5.74, 6) is 0.772. The van der Waals surface area contributed by atoms with Crippen LogP contribution >= 0.6 is 0 Å². The Morgan fingerprint density at radius 2 is 1.76 bits per heavy atom. The van der Waals surface area contributed by atoms with Crippen molar-refractivity contribution in [3.8, 4) is 0 Å². The van der Waals surface area contributed by atoms with E-state index in [4.69, 9.17) is 10.9 Å². The van der Waals surface area contributed by atoms with Crippen molar-refractivity contribution in [2.24, 2.45) is 22.2 Å². The van der Waals surface area contributed by atoms with Gasteiger partial charge in [0.2, 0.25) is 5.91 Å². The second kappa shape index (κ2) is 7.14. The van der Waals surface area contributed by atoms with Gasteiger partial charge in [0, 0.05) is 13.6 Å². The number of nitrogens with zero attached hydrogens (tertiary/aromatic N) is 2. The minimum atomic E-state index is -0.779. The fourth-order valence-electron chi connectivity index (χ4n) is 4.04. The number of amides is 1. The summed E-state index contributed by atoms with van der Waals surface area (Å²) in [5.41, 5.74) is 5.17. The molecular weight excluding hydrogens is 266 g/mol. The van der Waals surface area contributed by atoms with Crippen molar-refractivity contribution in [1.82, 2.24) is 4.90 Å². The minimum Gasteiger partial charge on any atom is -0.409 e. The molecule has 0 heterocycles. The molecule has 2 aliphatic carbocycles. The topological polar surface area (TPSA) is 78.9 Å². The van der Waals surface area contributed by atoms with Crippen LogP contribution in [0.1, 0.15) is 64.2 Å². The van der Waals surface area contributed by atoms with Crippen LogP contribution in [0.15, 0.2) is 5.16 Å². The highest BCUT2D eigenvalue weighted by atomic mass is 16.4. The van der Waals surface area contributed by atoms with E-state index in [0.717, 1.165) is 32.2 Å². The summed E-state index contributed by atoms with van der Waals surface area (Å²) in [6, 6.07) is 0. The van der Waals surface area contributed by atoms with Gasteiger partial charge < -0.3 is 15.8 Å². The average molecular weight is 295 g/mol. The standard InChI is InChI=1S/C16H29N3O2/c1-19(12-13-8-4-5-9-13)15(20)16(14(17)18-21)10-6-2-3-7-11-16/h13,21H,2-12H2,1H3,(H2,17,18). The van der Waals surface area contributed by atoms with Crippen molar-refractivity contribution < 1.29 is 10.0 Å². The van der Waals surface area contributed by atoms with Gasteiger partial charge in [-0.15, -0.1) is 0 Å². The number of carbonyl (C=O) groups is 1. The van der Waals surface area contributed by atoms with Gasteiger partial charge in [-0.25, -0.2) is 0 Å². The second-order valence-corrected chi connectivity index (χ2v) is 6.82. The van der Waals surface area contributed by atoms with E-state index < -0.39 is 5.41 Å². The minimum absolute atomic E-state index is 0.0478. The molecule has 0 aliphatic heterocycles. The van der Waals surface area contributed by atoms with Crippen molar-refractivity contribution in [3.63, 3.8) is 0 Å². The zero-order valence-electron chi connectivity index (χ0n) is 13.2. The lowest BCUT2D eigenvalue weighted by atomic mass is 9.77. The molecule has 0 spiro atoms. The molecule has 0 aromatic heterocycles. The van der Waals surface area contributed by atoms with Crippen LogP contribution < -0.4 is 5.73 Å². The quantitative estimate of drug-likeness (QED) is 0.275. The number of carbonyl (C=O) groups excluding carboxylic acids is 1. The summed E-state index contributed by atoms with van der Waals surface area (Å²) >= 11 is 0. The monoisotopic (exact) mass is 295 g/mol. The maximum atomic E-state index is 13.0. The van der Waals surface area contributed by atoms with Crippen molar-refractivity contribution in [2.45, 2.75) is 64.2 Å². The molecule has 0 unspecified atom stereocenters. The summed E-state index contributed by atoms with van der Waals surface area (Å²) in [7, 11) is 1.87. The van der Waals surface area contributed by atoms with Crippen molar-refractivity contribution in [1.29, 1.82) is 0 Å². The lowest BCUT2D eigenvalue weighted by Gasteiger charge is -2.35. The van der Waals surface area contributed by atoms with Gasteiger partial charge in [0.05, 0.1) is 0 Å². The van der Waals surface area contributed by atoms with Gasteiger partial charge in [-0.05, 0) is 31.6 Å². The van der Waals surface area contributed by atoms with Gasteiger partial charge in [-0.3, -0.25) is 4.79 Å². The summed E-state index contributed by atoms with van der Waals surface area (Å²) in [6.45, 7) is 0.805. The van der Waals surface area contributed by atoms with Gasteiger partial charge in [0.1, 0.15) is 5.41 Å². The smallest absolute Gasteiger partial charge is 0.236 e. The summed E-state index contributed by atoms with van der Waals surface area (Å²) in [4.78, 5) is 14.8. The van der Waals surface area contributed by atoms with Crippen LogP contribution in [0.5, 0.6) is 0 Å². The number of amidine groups is 1. The first-order chi connectivity index (χ1) is 10.1. The molecule has 0 aromatic rings. The highest BCUT2D eigenvalue weighted by Crippen LogP contribution is 2.37. The van der Waals surface area contributed by atoms with Crippen LogP contribution in [0.2, 0.25) is 0 Å². The molecule has 0 radical (unpaired) electrons. The Morgan fingerprint density at radius 3 is 2.29 bits per heavy atom. The molecule has 2 fully saturated rings. The van der Waals surface area contributed by atoms with E-state index in [-0.39, 0.29) is 11.7 Å². The van der Waals surface area contributed by atoms with Crippen LogP contribution in [0.3, 0.4) is 0 Å². The lowest BCUT2D eigenvalue weighted by Crippen LogP contribution is -2.51. The number of nitrogens with two attached hydrogens (primary N) is 1. The molecule has 1 amide bonds. The van der Waals surface area contributed by atoms with Crippen LogP contribution in [0.25, 0.3) is 0 Å². The Kier molecular flexibility index (Phi) is 5.48. The van der Waals surface area contributed by atoms with Gasteiger partial charge in [-0.2, -0.15) is 0 Å². The number of hydrogen-bond acceptors (Lipinski definition) is 3. The predicted molar refractivity (Wildman–Crippen MR) is 83.1 cm³/mol. The highest BCUT2D eigenvalue weighted by molar-refractivity contribution is 6.06. The maximum absolute atomic E-state index is 13.0. The Morgan fingerprint density at radius 1 is 1.19 bits per heavy atom. The third-order valence-corrected chi connectivity index (χ3v) is 5.32. The molecule has 0 saturated heterocycles. The molecule has 0 aromatic carbocycles. The molecule has 2 saturated carbocycles. The third kappa shape index (κ3) is 3.50. The van der Waals surface area contributed by atoms with Crippen LogP contribution in [0, 0.1) is 11.3 Å². The molecule has 0 bridgehead atoms. The van der Waals surface area contributed by atoms with Gasteiger partial charge in [0.25, 0.3) is 0 Å². The highest BCUT2D eigenvalue weighted by Gasteiger charge is 2.44. The van der Waals surface area contributed by atoms with E-state index in [1.54, 1.807) is 0 Å². The summed E-state index contributed by atoms with van der Waals surface area (Å²) < 4.78 is 0. The van der Waals surface area contributed by atoms with E-state index in [9.17, 15) is 4.79 Å². The summed E-state index contributed by atoms with van der Waals surface area (Å²) in [5, 5.41) is 12.4. The molecular formula is C16H29N3O2. The van der Waals surface area contributed by atoms with E-state index in [2.05, 4.69) is 5.16 Å². The SMILES string of the molecule is CN(CC1CCCC1)C(=O)C1(C(N)=NO)CCCCCC1. The fourth-order valence-corrected chi connectivity index (χ4v) is 4.04. The average Bonchev–Trinajstić information content (AvgIpc) is 2.87. The van der Waals surface area contributed by atoms with Crippen LogP contribution in [-0.2, 0) is 4.79 Å². The van der Waals surface area contributed by atoms with Crippen molar-refractivity contribution in [3.05, 3.63) is 0 Å². The first kappa shape index (κ1) is 16.1. The molecule has 5 heteroatoms. The molecule has 5 nitrogen and oxygen atoms in total. The normalized spacial score (nSPS) is 23.8. The van der Waals surface area contributed by atoms with Crippen LogP contribution in [-0.4, -0.2) is 35.4 Å². The molecule has 2 aliphatic rings. The summed E-state index contributed by atoms with van der Waals surface area (Å²) in [6.07, 6.45) is 10.6. The molecule has 3 N–H and O–H groups in total. The Bertz CT molecular complexity index is 381. The van der Waals surface area contributed by atoms with Crippen LogP contribution in [0.4, 0.5) is 0 Å². The van der Waals surface area contributed by atoms with Gasteiger partial charge in [-0.1, -0.05) is 43.7 Å². The largest absolute Gasteiger partial charge is 0.409 e. The molecule has 21 heavy (non-hydrogen) atoms. The van der Waals surface area contributed by atoms with E-state index >= 15 is 0 Å². The number of hydrogen-bond donors (Lipinski definition) is 2. The van der Waals surface area contributed by atoms with E-state index in [1.807, 2.05) is 11.9 Å². The molecule has 0 atom stereocenters. The lowest BCUT2D eigenvalue weighted by molar-refractivity contribution is -0.138. The van der Waals surface area contributed by atoms with E-state index in [0.29, 0.717) is 18.8 Å². The molecule has 2 rings (SSSR count). The second-order valence-electron chi connectivity index (χ2n) is 6.82. The Hall–Kier alpha value is -1.26. The number of rotatable bonds is 4. The van der Waals surface area contributed by atoms with Gasteiger partial charge in [0.15, 0.2) is 5.84 Å². The number of oxime groups is 1. The van der Waals surface area contributed by atoms with E-state index in [1.165, 1.54) is 25.7 Å². The Labute approximate surface area is 127 Å². The van der Waals surface area contributed by atoms with Crippen molar-refractivity contribution in [2.75, 3.05) is 13.6 Å². The van der Waals surface area contributed by atoms with Crippen molar-refractivity contribution >= 4 is 11.7 Å². The first-order valence-corrected chi connectivity index (χ1v) is 8.34. The maximum Gasteiger partial charge on any atom is 0.236 e. The first-order valence-electron chi connectivity index (χ1n) is 8.34. The van der Waals surface area contributed by atoms with Gasteiger partial charge >= 0.3 is 0 Å². The fraction of sp³-hybridized carbons (Fsp3) is 0.875. The Balaban J connectivity index is 2.12. The molecule has 120 valence electrons. The zero-order valence-corrected chi connectivity index (χ0v) is 13.2. The third-order valence-electron chi connectivity index (χ3n) is 5.32. The predicted octanol–water partition coefficient (Wildman–Crippen LogP) is 2.72.